The zero-order valence-electron chi connectivity index (χ0n) is 9.27. The lowest BCUT2D eigenvalue weighted by molar-refractivity contribution is -0.114. The predicted octanol–water partition coefficient (Wildman–Crippen LogP) is 0.113. The van der Waals surface area contributed by atoms with Crippen molar-refractivity contribution in [2.75, 3.05) is 29.9 Å². The molecule has 6 heteroatoms. The van der Waals surface area contributed by atoms with Crippen LogP contribution in [0.2, 0.25) is 0 Å². The molecule has 6 nitrogen and oxygen atoms in total. The fraction of sp³-hybridized carbons (Fsp3) is 0.273. The molecule has 0 aromatic heterocycles. The van der Waals surface area contributed by atoms with Crippen molar-refractivity contribution in [3.63, 3.8) is 0 Å². The van der Waals surface area contributed by atoms with Gasteiger partial charge >= 0.3 is 6.03 Å². The van der Waals surface area contributed by atoms with E-state index in [9.17, 15) is 9.59 Å². The van der Waals surface area contributed by atoms with E-state index in [4.69, 9.17) is 5.73 Å². The molecule has 0 bridgehead atoms. The van der Waals surface area contributed by atoms with Crippen molar-refractivity contribution < 1.29 is 9.59 Å². The lowest BCUT2D eigenvalue weighted by Crippen LogP contribution is -2.28. The molecule has 0 unspecified atom stereocenters. The van der Waals surface area contributed by atoms with Gasteiger partial charge in [0.05, 0.1) is 6.54 Å². The first-order chi connectivity index (χ1) is 8.20. The Morgan fingerprint density at radius 2 is 2.35 bits per heavy atom. The molecule has 1 heterocycles. The van der Waals surface area contributed by atoms with E-state index in [0.717, 1.165) is 5.69 Å². The molecule has 90 valence electrons. The summed E-state index contributed by atoms with van der Waals surface area (Å²) in [6.07, 6.45) is 0. The third kappa shape index (κ3) is 2.54. The third-order valence-electron chi connectivity index (χ3n) is 2.48. The number of nitrogens with zero attached hydrogens (tertiary/aromatic N) is 1. The Labute approximate surface area is 98.8 Å². The SMILES string of the molecule is NCC(=O)Nc1cccc(N2CCNC2=O)c1. The highest BCUT2D eigenvalue weighted by molar-refractivity contribution is 5.96. The predicted molar refractivity (Wildman–Crippen MR) is 64.9 cm³/mol. The first-order valence-corrected chi connectivity index (χ1v) is 5.36. The summed E-state index contributed by atoms with van der Waals surface area (Å²) in [7, 11) is 0. The lowest BCUT2D eigenvalue weighted by Gasteiger charge is -2.15. The van der Waals surface area contributed by atoms with Crippen LogP contribution in [-0.2, 0) is 4.79 Å². The van der Waals surface area contributed by atoms with Crippen LogP contribution in [0.5, 0.6) is 0 Å². The number of anilines is 2. The summed E-state index contributed by atoms with van der Waals surface area (Å²) >= 11 is 0. The summed E-state index contributed by atoms with van der Waals surface area (Å²) in [6.45, 7) is 1.21. The van der Waals surface area contributed by atoms with Crippen LogP contribution in [0, 0.1) is 0 Å². The Kier molecular flexibility index (Phi) is 3.24. The minimum atomic E-state index is -0.256. The highest BCUT2D eigenvalue weighted by Gasteiger charge is 2.21. The summed E-state index contributed by atoms with van der Waals surface area (Å²) < 4.78 is 0. The Bertz CT molecular complexity index is 447. The van der Waals surface area contributed by atoms with Crippen LogP contribution >= 0.6 is 0 Å². The fourth-order valence-corrected chi connectivity index (χ4v) is 1.68. The summed E-state index contributed by atoms with van der Waals surface area (Å²) in [6, 6.07) is 6.99. The van der Waals surface area contributed by atoms with Gasteiger partial charge in [-0.05, 0) is 18.2 Å². The molecule has 0 atom stereocenters. The van der Waals surface area contributed by atoms with Crippen LogP contribution in [0.4, 0.5) is 16.2 Å². The maximum atomic E-state index is 11.5. The van der Waals surface area contributed by atoms with Crippen LogP contribution < -0.4 is 21.3 Å². The molecule has 1 saturated heterocycles. The second-order valence-corrected chi connectivity index (χ2v) is 3.69. The average molecular weight is 234 g/mol. The van der Waals surface area contributed by atoms with Crippen LogP contribution in [0.1, 0.15) is 0 Å². The van der Waals surface area contributed by atoms with Crippen molar-refractivity contribution in [3.8, 4) is 0 Å². The number of urea groups is 1. The van der Waals surface area contributed by atoms with Gasteiger partial charge in [0.2, 0.25) is 5.91 Å². The first-order valence-electron chi connectivity index (χ1n) is 5.36. The Balaban J connectivity index is 2.16. The number of nitrogens with two attached hydrogens (primary N) is 1. The molecule has 0 spiro atoms. The van der Waals surface area contributed by atoms with E-state index in [2.05, 4.69) is 10.6 Å². The molecule has 1 aliphatic heterocycles. The summed E-state index contributed by atoms with van der Waals surface area (Å²) in [5.41, 5.74) is 6.61. The molecular weight excluding hydrogens is 220 g/mol. The van der Waals surface area contributed by atoms with E-state index in [1.54, 1.807) is 23.1 Å². The van der Waals surface area contributed by atoms with Crippen molar-refractivity contribution in [2.45, 2.75) is 0 Å². The molecule has 4 N–H and O–H groups in total. The topological polar surface area (TPSA) is 87.5 Å². The summed E-state index contributed by atoms with van der Waals surface area (Å²) in [5.74, 6) is -0.256. The van der Waals surface area contributed by atoms with Crippen molar-refractivity contribution in [1.82, 2.24) is 5.32 Å². The highest BCUT2D eigenvalue weighted by atomic mass is 16.2. The van der Waals surface area contributed by atoms with Gasteiger partial charge in [-0.1, -0.05) is 6.07 Å². The van der Waals surface area contributed by atoms with Gasteiger partial charge in [-0.2, -0.15) is 0 Å². The Morgan fingerprint density at radius 1 is 1.53 bits per heavy atom. The van der Waals surface area contributed by atoms with E-state index in [-0.39, 0.29) is 18.5 Å². The van der Waals surface area contributed by atoms with Gasteiger partial charge in [0.15, 0.2) is 0 Å². The second kappa shape index (κ2) is 4.84. The fourth-order valence-electron chi connectivity index (χ4n) is 1.68. The lowest BCUT2D eigenvalue weighted by atomic mass is 10.2. The van der Waals surface area contributed by atoms with Crippen LogP contribution in [-0.4, -0.2) is 31.6 Å². The minimum Gasteiger partial charge on any atom is -0.336 e. The van der Waals surface area contributed by atoms with Crippen LogP contribution in [0.3, 0.4) is 0 Å². The molecular formula is C11H14N4O2. The van der Waals surface area contributed by atoms with Gasteiger partial charge in [0, 0.05) is 24.5 Å². The first kappa shape index (κ1) is 11.4. The number of nitrogens with one attached hydrogen (secondary N) is 2. The molecule has 17 heavy (non-hydrogen) atoms. The highest BCUT2D eigenvalue weighted by Crippen LogP contribution is 2.20. The van der Waals surface area contributed by atoms with Crippen molar-refractivity contribution >= 4 is 23.3 Å². The maximum absolute atomic E-state index is 11.5. The molecule has 1 fully saturated rings. The Hall–Kier alpha value is -2.08. The number of amides is 3. The number of hydrogen-bond donors (Lipinski definition) is 3. The van der Waals surface area contributed by atoms with E-state index in [0.29, 0.717) is 18.8 Å². The minimum absolute atomic E-state index is 0.0611. The van der Waals surface area contributed by atoms with Crippen molar-refractivity contribution in [3.05, 3.63) is 24.3 Å². The molecule has 0 aliphatic carbocycles. The molecule has 0 saturated carbocycles. The van der Waals surface area contributed by atoms with E-state index >= 15 is 0 Å². The number of benzene rings is 1. The molecule has 1 aromatic rings. The monoisotopic (exact) mass is 234 g/mol. The zero-order valence-corrected chi connectivity index (χ0v) is 9.27. The largest absolute Gasteiger partial charge is 0.336 e. The number of carbonyl (C=O) groups excluding carboxylic acids is 2. The quantitative estimate of drug-likeness (QED) is 0.693. The molecule has 0 radical (unpaired) electrons. The van der Waals surface area contributed by atoms with Gasteiger partial charge in [0.25, 0.3) is 0 Å². The van der Waals surface area contributed by atoms with Gasteiger partial charge < -0.3 is 16.4 Å². The van der Waals surface area contributed by atoms with E-state index in [1.807, 2.05) is 6.07 Å². The smallest absolute Gasteiger partial charge is 0.321 e. The van der Waals surface area contributed by atoms with E-state index < -0.39 is 0 Å². The van der Waals surface area contributed by atoms with Gasteiger partial charge in [0.1, 0.15) is 0 Å². The van der Waals surface area contributed by atoms with E-state index in [1.165, 1.54) is 0 Å². The standard InChI is InChI=1S/C11H14N4O2/c12-7-10(16)14-8-2-1-3-9(6-8)15-5-4-13-11(15)17/h1-3,6H,4-5,7,12H2,(H,13,17)(H,14,16). The van der Waals surface area contributed by atoms with Crippen molar-refractivity contribution in [1.29, 1.82) is 0 Å². The Morgan fingerprint density at radius 3 is 3.00 bits per heavy atom. The molecule has 1 aliphatic rings. The third-order valence-corrected chi connectivity index (χ3v) is 2.48. The molecule has 1 aromatic carbocycles. The van der Waals surface area contributed by atoms with Crippen molar-refractivity contribution in [2.24, 2.45) is 5.73 Å². The summed E-state index contributed by atoms with van der Waals surface area (Å²) in [5, 5.41) is 5.37. The number of rotatable bonds is 3. The van der Waals surface area contributed by atoms with Crippen LogP contribution in [0.15, 0.2) is 24.3 Å². The van der Waals surface area contributed by atoms with Crippen LogP contribution in [0.25, 0.3) is 0 Å². The number of hydrogen-bond acceptors (Lipinski definition) is 3. The molecule has 2 rings (SSSR count). The second-order valence-electron chi connectivity index (χ2n) is 3.69. The molecule has 3 amide bonds. The normalized spacial score (nSPS) is 14.6. The average Bonchev–Trinajstić information content (AvgIpc) is 2.75. The maximum Gasteiger partial charge on any atom is 0.321 e. The number of carbonyl (C=O) groups is 2. The zero-order chi connectivity index (χ0) is 12.3. The van der Waals surface area contributed by atoms with Gasteiger partial charge in [-0.15, -0.1) is 0 Å². The summed E-state index contributed by atoms with van der Waals surface area (Å²) in [4.78, 5) is 24.2. The van der Waals surface area contributed by atoms with Gasteiger partial charge in [-0.3, -0.25) is 9.69 Å². The van der Waals surface area contributed by atoms with Gasteiger partial charge in [-0.25, -0.2) is 4.79 Å².